The predicted octanol–water partition coefficient (Wildman–Crippen LogP) is 3.66. The minimum Gasteiger partial charge on any atom is -0.445 e. The minimum absolute atomic E-state index is 0.0132. The lowest BCUT2D eigenvalue weighted by molar-refractivity contribution is -0.148. The van der Waals surface area contributed by atoms with Gasteiger partial charge in [0.1, 0.15) is 24.3 Å². The molecule has 3 aromatic carbocycles. The Balaban J connectivity index is 1.22. The number of carbonyl (C=O) groups excluding carboxylic acids is 3. The maximum absolute atomic E-state index is 14.2. The third-order valence-electron chi connectivity index (χ3n) is 7.84. The number of carbonyl (C=O) groups is 3. The van der Waals surface area contributed by atoms with E-state index in [1.165, 1.54) is 0 Å². The van der Waals surface area contributed by atoms with Crippen LogP contribution in [-0.2, 0) is 40.3 Å². The summed E-state index contributed by atoms with van der Waals surface area (Å²) in [4.78, 5) is 44.7. The van der Waals surface area contributed by atoms with Crippen molar-refractivity contribution in [3.05, 3.63) is 107 Å². The van der Waals surface area contributed by atoms with Crippen molar-refractivity contribution < 1.29 is 27.9 Å². The molecule has 3 aromatic rings. The van der Waals surface area contributed by atoms with E-state index in [9.17, 15) is 23.2 Å². The Morgan fingerprint density at radius 1 is 0.881 bits per heavy atom. The summed E-state index contributed by atoms with van der Waals surface area (Å²) in [5.41, 5.74) is 9.15. The molecule has 0 bridgehead atoms. The van der Waals surface area contributed by atoms with Crippen molar-refractivity contribution in [3.63, 3.8) is 0 Å². The van der Waals surface area contributed by atoms with Gasteiger partial charge in [0, 0.05) is 51.6 Å². The molecule has 8 nitrogen and oxygen atoms in total. The van der Waals surface area contributed by atoms with Crippen LogP contribution in [0.2, 0.25) is 0 Å². The number of rotatable bonds is 7. The topological polar surface area (TPSA) is 96.2 Å². The number of ether oxygens (including phenoxy) is 1. The van der Waals surface area contributed by atoms with Gasteiger partial charge >= 0.3 is 6.09 Å². The Hall–Kier alpha value is -4.31. The Kier molecular flexibility index (Phi) is 9.12. The van der Waals surface area contributed by atoms with Gasteiger partial charge in [-0.15, -0.1) is 0 Å². The van der Waals surface area contributed by atoms with Crippen LogP contribution in [0.4, 0.5) is 13.6 Å². The fraction of sp³-hybridized carbons (Fsp3) is 0.344. The number of nitrogens with zero attached hydrogens (tertiary/aromatic N) is 3. The summed E-state index contributed by atoms with van der Waals surface area (Å²) in [6.07, 6.45) is -0.213. The number of hydrogen-bond acceptors (Lipinski definition) is 5. The van der Waals surface area contributed by atoms with E-state index in [4.69, 9.17) is 10.5 Å². The van der Waals surface area contributed by atoms with Gasteiger partial charge in [-0.2, -0.15) is 0 Å². The van der Waals surface area contributed by atoms with Crippen LogP contribution in [-0.4, -0.2) is 70.9 Å². The minimum atomic E-state index is -0.757. The zero-order valence-corrected chi connectivity index (χ0v) is 23.3. The first-order valence-electron chi connectivity index (χ1n) is 14.1. The first kappa shape index (κ1) is 29.2. The smallest absolute Gasteiger partial charge is 0.410 e. The molecule has 2 atom stereocenters. The summed E-state index contributed by atoms with van der Waals surface area (Å²) in [7, 11) is 0. The van der Waals surface area contributed by atoms with E-state index in [0.29, 0.717) is 32.6 Å². The molecule has 3 amide bonds. The molecule has 2 heterocycles. The molecule has 1 saturated heterocycles. The third-order valence-corrected chi connectivity index (χ3v) is 7.84. The number of hydrogen-bond donors (Lipinski definition) is 1. The van der Waals surface area contributed by atoms with Crippen molar-refractivity contribution in [1.82, 2.24) is 14.7 Å². The highest BCUT2D eigenvalue weighted by Gasteiger charge is 2.38. The van der Waals surface area contributed by atoms with Crippen molar-refractivity contribution >= 4 is 17.9 Å². The van der Waals surface area contributed by atoms with Crippen LogP contribution < -0.4 is 5.73 Å². The van der Waals surface area contributed by atoms with Gasteiger partial charge in [0.05, 0.1) is 0 Å². The quantitative estimate of drug-likeness (QED) is 0.463. The summed E-state index contributed by atoms with van der Waals surface area (Å²) >= 11 is 0. The number of nitrogens with two attached hydrogens (primary N) is 1. The highest BCUT2D eigenvalue weighted by atomic mass is 19.1. The Labute approximate surface area is 243 Å². The average molecular weight is 577 g/mol. The molecule has 2 aliphatic heterocycles. The van der Waals surface area contributed by atoms with Crippen LogP contribution in [0.25, 0.3) is 0 Å². The molecule has 42 heavy (non-hydrogen) atoms. The van der Waals surface area contributed by atoms with E-state index in [0.717, 1.165) is 34.9 Å². The maximum Gasteiger partial charge on any atom is 0.410 e. The summed E-state index contributed by atoms with van der Waals surface area (Å²) < 4.78 is 33.2. The predicted molar refractivity (Wildman–Crippen MR) is 152 cm³/mol. The van der Waals surface area contributed by atoms with Crippen molar-refractivity contribution in [2.75, 3.05) is 26.2 Å². The molecule has 0 radical (unpaired) electrons. The normalized spacial score (nSPS) is 17.4. The SMILES string of the molecule is N[C@@H](CC(=O)N1Cc2ccccc2CC1C(=O)N1CCN(C(=O)OCc2ccccc2)CC1)Cc1cc(F)ccc1F. The molecule has 0 aromatic heterocycles. The second-order valence-electron chi connectivity index (χ2n) is 10.8. The summed E-state index contributed by atoms with van der Waals surface area (Å²) in [5.74, 6) is -1.68. The fourth-order valence-corrected chi connectivity index (χ4v) is 5.53. The highest BCUT2D eigenvalue weighted by Crippen LogP contribution is 2.26. The average Bonchev–Trinajstić information content (AvgIpc) is 3.01. The number of fused-ring (bicyclic) bond motifs is 1. The van der Waals surface area contributed by atoms with E-state index in [-0.39, 0.29) is 43.4 Å². The molecule has 2 N–H and O–H groups in total. The standard InChI is InChI=1S/C32H34F2N4O4/c33-26-10-11-28(34)25(16-26)17-27(35)19-30(39)38-20-24-9-5-4-8-23(24)18-29(38)31(40)36-12-14-37(15-13-36)32(41)42-21-22-6-2-1-3-7-22/h1-11,16,27,29H,12-15,17-21,35H2/t27-,29?/m1/s1. The zero-order valence-electron chi connectivity index (χ0n) is 23.3. The zero-order chi connectivity index (χ0) is 29.6. The molecule has 0 saturated carbocycles. The van der Waals surface area contributed by atoms with Crippen LogP contribution in [0.5, 0.6) is 0 Å². The second kappa shape index (κ2) is 13.1. The maximum atomic E-state index is 14.2. The monoisotopic (exact) mass is 576 g/mol. The first-order chi connectivity index (χ1) is 20.3. The molecule has 220 valence electrons. The molecule has 1 fully saturated rings. The Morgan fingerprint density at radius 2 is 1.55 bits per heavy atom. The molecule has 1 unspecified atom stereocenters. The molecule has 0 spiro atoms. The summed E-state index contributed by atoms with van der Waals surface area (Å²) in [6, 6.07) is 18.7. The van der Waals surface area contributed by atoms with E-state index in [1.807, 2.05) is 54.6 Å². The number of halogens is 2. The summed E-state index contributed by atoms with van der Waals surface area (Å²) in [5, 5.41) is 0. The van der Waals surface area contributed by atoms with E-state index >= 15 is 0 Å². The Morgan fingerprint density at radius 3 is 2.29 bits per heavy atom. The number of amides is 3. The van der Waals surface area contributed by atoms with Gasteiger partial charge in [-0.05, 0) is 46.9 Å². The van der Waals surface area contributed by atoms with Crippen molar-refractivity contribution in [1.29, 1.82) is 0 Å². The third kappa shape index (κ3) is 6.94. The largest absolute Gasteiger partial charge is 0.445 e. The van der Waals surface area contributed by atoms with Gasteiger partial charge in [-0.1, -0.05) is 54.6 Å². The molecule has 10 heteroatoms. The molecule has 5 rings (SSSR count). The van der Waals surface area contributed by atoms with Crippen LogP contribution in [0, 0.1) is 11.6 Å². The van der Waals surface area contributed by atoms with E-state index in [2.05, 4.69) is 0 Å². The molecular weight excluding hydrogens is 542 g/mol. The van der Waals surface area contributed by atoms with Crippen LogP contribution in [0.15, 0.2) is 72.8 Å². The van der Waals surface area contributed by atoms with Crippen molar-refractivity contribution in [2.24, 2.45) is 5.73 Å². The van der Waals surface area contributed by atoms with Gasteiger partial charge in [-0.3, -0.25) is 9.59 Å². The van der Waals surface area contributed by atoms with Crippen molar-refractivity contribution in [2.45, 2.75) is 44.5 Å². The van der Waals surface area contributed by atoms with E-state index < -0.39 is 29.8 Å². The van der Waals surface area contributed by atoms with Gasteiger partial charge in [0.15, 0.2) is 0 Å². The lowest BCUT2D eigenvalue weighted by Crippen LogP contribution is -2.58. The molecule has 2 aliphatic rings. The number of benzene rings is 3. The Bertz CT molecular complexity index is 1430. The highest BCUT2D eigenvalue weighted by molar-refractivity contribution is 5.89. The summed E-state index contributed by atoms with van der Waals surface area (Å²) in [6.45, 7) is 1.70. The van der Waals surface area contributed by atoms with Crippen LogP contribution >= 0.6 is 0 Å². The van der Waals surface area contributed by atoms with Crippen LogP contribution in [0.3, 0.4) is 0 Å². The first-order valence-corrected chi connectivity index (χ1v) is 14.1. The van der Waals surface area contributed by atoms with Gasteiger partial charge in [-0.25, -0.2) is 13.6 Å². The lowest BCUT2D eigenvalue weighted by Gasteiger charge is -2.41. The fourth-order valence-electron chi connectivity index (χ4n) is 5.53. The van der Waals surface area contributed by atoms with Gasteiger partial charge in [0.25, 0.3) is 0 Å². The molecule has 0 aliphatic carbocycles. The van der Waals surface area contributed by atoms with E-state index in [1.54, 1.807) is 14.7 Å². The van der Waals surface area contributed by atoms with Gasteiger partial charge < -0.3 is 25.2 Å². The lowest BCUT2D eigenvalue weighted by atomic mass is 9.92. The number of piperazine rings is 1. The molecular formula is C32H34F2N4O4. The van der Waals surface area contributed by atoms with Crippen molar-refractivity contribution in [3.8, 4) is 0 Å². The second-order valence-corrected chi connectivity index (χ2v) is 10.8. The van der Waals surface area contributed by atoms with Gasteiger partial charge in [0.2, 0.25) is 11.8 Å². The van der Waals surface area contributed by atoms with Crippen LogP contribution in [0.1, 0.15) is 28.7 Å².